The van der Waals surface area contributed by atoms with Gasteiger partial charge in [0.2, 0.25) is 0 Å². The maximum atomic E-state index is 6.15. The van der Waals surface area contributed by atoms with E-state index in [1.165, 1.54) is 0 Å². The van der Waals surface area contributed by atoms with Crippen LogP contribution in [0.25, 0.3) is 0 Å². The summed E-state index contributed by atoms with van der Waals surface area (Å²) in [4.78, 5) is 14.1. The molecule has 7 heteroatoms. The summed E-state index contributed by atoms with van der Waals surface area (Å²) in [6.45, 7) is 6.26. The highest BCUT2D eigenvalue weighted by molar-refractivity contribution is 7.09. The number of nitrogens with zero attached hydrogens (tertiary/aromatic N) is 3. The van der Waals surface area contributed by atoms with Crippen molar-refractivity contribution in [2.75, 3.05) is 19.7 Å². The first kappa shape index (κ1) is 15.3. The standard InChI is InChI=1S/C16H22N4O2S/c1-12-19-14(9-23-12)7-21-15-4-16(22-8-15)2-3-20(10-16)6-13-5-17-11-18-13/h5,9,11,15H,2-4,6-8,10H2,1H3,(H,17,18)/t15-,16-/m0/s1. The molecule has 4 rings (SSSR count). The van der Waals surface area contributed by atoms with Gasteiger partial charge in [-0.1, -0.05) is 0 Å². The molecular formula is C16H22N4O2S. The normalized spacial score (nSPS) is 28.1. The predicted molar refractivity (Wildman–Crippen MR) is 87.2 cm³/mol. The number of H-pyrrole nitrogens is 1. The van der Waals surface area contributed by atoms with Crippen molar-refractivity contribution < 1.29 is 9.47 Å². The van der Waals surface area contributed by atoms with E-state index in [1.807, 2.05) is 13.1 Å². The van der Waals surface area contributed by atoms with E-state index < -0.39 is 0 Å². The van der Waals surface area contributed by atoms with Gasteiger partial charge in [0.1, 0.15) is 0 Å². The molecule has 0 bridgehead atoms. The van der Waals surface area contributed by atoms with Crippen molar-refractivity contribution in [1.82, 2.24) is 19.9 Å². The van der Waals surface area contributed by atoms with Crippen LogP contribution in [0.4, 0.5) is 0 Å². The maximum Gasteiger partial charge on any atom is 0.0922 e. The highest BCUT2D eigenvalue weighted by atomic mass is 32.1. The highest BCUT2D eigenvalue weighted by Gasteiger charge is 2.45. The molecule has 2 aliphatic heterocycles. The van der Waals surface area contributed by atoms with Crippen LogP contribution in [-0.4, -0.2) is 51.3 Å². The summed E-state index contributed by atoms with van der Waals surface area (Å²) in [5.74, 6) is 0. The molecule has 0 radical (unpaired) electrons. The lowest BCUT2D eigenvalue weighted by molar-refractivity contribution is -0.000792. The lowest BCUT2D eigenvalue weighted by atomic mass is 9.98. The van der Waals surface area contributed by atoms with Gasteiger partial charge < -0.3 is 14.5 Å². The molecule has 4 heterocycles. The molecule has 0 aromatic carbocycles. The molecule has 6 nitrogen and oxygen atoms in total. The molecule has 124 valence electrons. The van der Waals surface area contributed by atoms with Crippen LogP contribution in [0.15, 0.2) is 17.9 Å². The van der Waals surface area contributed by atoms with E-state index >= 15 is 0 Å². The number of aryl methyl sites for hydroxylation is 1. The van der Waals surface area contributed by atoms with E-state index in [4.69, 9.17) is 9.47 Å². The Balaban J connectivity index is 1.28. The summed E-state index contributed by atoms with van der Waals surface area (Å²) in [5, 5.41) is 3.16. The zero-order valence-corrected chi connectivity index (χ0v) is 14.1. The fourth-order valence-electron chi connectivity index (χ4n) is 3.55. The van der Waals surface area contributed by atoms with Gasteiger partial charge in [-0.05, 0) is 13.3 Å². The van der Waals surface area contributed by atoms with Gasteiger partial charge in [0.15, 0.2) is 0 Å². The Hall–Kier alpha value is -1.28. The van der Waals surface area contributed by atoms with Gasteiger partial charge in [0.05, 0.1) is 41.9 Å². The van der Waals surface area contributed by atoms with Crippen molar-refractivity contribution >= 4 is 11.3 Å². The Morgan fingerprint density at radius 2 is 2.52 bits per heavy atom. The Morgan fingerprint density at radius 3 is 3.30 bits per heavy atom. The van der Waals surface area contributed by atoms with Gasteiger partial charge in [-0.2, -0.15) is 0 Å². The Bertz CT molecular complexity index is 644. The number of likely N-dealkylation sites (tertiary alicyclic amines) is 1. The lowest BCUT2D eigenvalue weighted by Gasteiger charge is -2.23. The molecular weight excluding hydrogens is 312 g/mol. The van der Waals surface area contributed by atoms with Crippen LogP contribution in [0.3, 0.4) is 0 Å². The van der Waals surface area contributed by atoms with E-state index in [2.05, 4.69) is 25.2 Å². The van der Waals surface area contributed by atoms with E-state index in [-0.39, 0.29) is 11.7 Å². The van der Waals surface area contributed by atoms with Crippen LogP contribution in [-0.2, 0) is 22.6 Å². The van der Waals surface area contributed by atoms with Gasteiger partial charge in [-0.25, -0.2) is 9.97 Å². The average Bonchev–Trinajstić information content (AvgIpc) is 3.29. The number of hydrogen-bond donors (Lipinski definition) is 1. The van der Waals surface area contributed by atoms with Crippen LogP contribution >= 0.6 is 11.3 Å². The molecule has 1 N–H and O–H groups in total. The van der Waals surface area contributed by atoms with Crippen LogP contribution in [0.2, 0.25) is 0 Å². The first-order chi connectivity index (χ1) is 11.2. The van der Waals surface area contributed by atoms with Crippen LogP contribution in [0, 0.1) is 6.92 Å². The number of aromatic nitrogens is 3. The van der Waals surface area contributed by atoms with Crippen molar-refractivity contribution in [2.24, 2.45) is 0 Å². The fourth-order valence-corrected chi connectivity index (χ4v) is 4.14. The second kappa shape index (κ2) is 6.32. The topological polar surface area (TPSA) is 63.3 Å². The lowest BCUT2D eigenvalue weighted by Crippen LogP contribution is -2.33. The van der Waals surface area contributed by atoms with Gasteiger partial charge in [0, 0.05) is 43.3 Å². The summed E-state index contributed by atoms with van der Waals surface area (Å²) < 4.78 is 12.2. The molecule has 2 atom stereocenters. The number of thiazole rings is 1. The summed E-state index contributed by atoms with van der Waals surface area (Å²) in [6, 6.07) is 0. The molecule has 1 spiro atoms. The van der Waals surface area contributed by atoms with Crippen molar-refractivity contribution in [3.8, 4) is 0 Å². The van der Waals surface area contributed by atoms with Crippen LogP contribution in [0.1, 0.15) is 29.2 Å². The molecule has 0 saturated carbocycles. The summed E-state index contributed by atoms with van der Waals surface area (Å²) in [5.41, 5.74) is 2.16. The summed E-state index contributed by atoms with van der Waals surface area (Å²) in [6.07, 6.45) is 5.87. The minimum absolute atomic E-state index is 0.0251. The molecule has 0 unspecified atom stereocenters. The summed E-state index contributed by atoms with van der Waals surface area (Å²) in [7, 11) is 0. The quantitative estimate of drug-likeness (QED) is 0.907. The van der Waals surface area contributed by atoms with Crippen LogP contribution < -0.4 is 0 Å². The smallest absolute Gasteiger partial charge is 0.0922 e. The first-order valence-electron chi connectivity index (χ1n) is 8.07. The number of hydrogen-bond acceptors (Lipinski definition) is 6. The number of ether oxygens (including phenoxy) is 2. The molecule has 2 saturated heterocycles. The van der Waals surface area contributed by atoms with Crippen LogP contribution in [0.5, 0.6) is 0 Å². The first-order valence-corrected chi connectivity index (χ1v) is 8.95. The number of imidazole rings is 1. The third-order valence-electron chi connectivity index (χ3n) is 4.65. The van der Waals surface area contributed by atoms with Crippen molar-refractivity contribution in [3.63, 3.8) is 0 Å². The Labute approximate surface area is 139 Å². The van der Waals surface area contributed by atoms with Gasteiger partial charge in [-0.15, -0.1) is 11.3 Å². The van der Waals surface area contributed by atoms with Crippen molar-refractivity contribution in [1.29, 1.82) is 0 Å². The molecule has 2 aromatic heterocycles. The largest absolute Gasteiger partial charge is 0.371 e. The second-order valence-corrected chi connectivity index (χ2v) is 7.59. The van der Waals surface area contributed by atoms with Gasteiger partial charge in [-0.3, -0.25) is 4.90 Å². The molecule has 2 aromatic rings. The van der Waals surface area contributed by atoms with E-state index in [0.29, 0.717) is 13.2 Å². The third-order valence-corrected chi connectivity index (χ3v) is 5.48. The number of aromatic amines is 1. The molecule has 0 amide bonds. The van der Waals surface area contributed by atoms with E-state index in [1.54, 1.807) is 17.7 Å². The fraction of sp³-hybridized carbons (Fsp3) is 0.625. The zero-order valence-electron chi connectivity index (χ0n) is 13.3. The number of nitrogens with one attached hydrogen (secondary N) is 1. The van der Waals surface area contributed by atoms with E-state index in [0.717, 1.165) is 48.9 Å². The zero-order chi connectivity index (χ0) is 15.7. The Kier molecular flexibility index (Phi) is 4.19. The Morgan fingerprint density at radius 1 is 1.57 bits per heavy atom. The minimum Gasteiger partial charge on any atom is -0.371 e. The number of rotatable bonds is 5. The van der Waals surface area contributed by atoms with Crippen molar-refractivity contribution in [3.05, 3.63) is 34.3 Å². The minimum atomic E-state index is -0.0251. The van der Waals surface area contributed by atoms with Gasteiger partial charge in [0.25, 0.3) is 0 Å². The molecule has 2 aliphatic rings. The highest BCUT2D eigenvalue weighted by Crippen LogP contribution is 2.36. The predicted octanol–water partition coefficient (Wildman–Crippen LogP) is 2.12. The monoisotopic (exact) mass is 334 g/mol. The molecule has 2 fully saturated rings. The average molecular weight is 334 g/mol. The van der Waals surface area contributed by atoms with Crippen molar-refractivity contribution in [2.45, 2.75) is 44.6 Å². The SMILES string of the molecule is Cc1nc(CO[C@@H]2CO[C@@]3(CCN(Cc4cnc[nH]4)C3)C2)cs1. The molecule has 23 heavy (non-hydrogen) atoms. The van der Waals surface area contributed by atoms with E-state index in [9.17, 15) is 0 Å². The molecule has 0 aliphatic carbocycles. The maximum absolute atomic E-state index is 6.15. The summed E-state index contributed by atoms with van der Waals surface area (Å²) >= 11 is 1.67. The third kappa shape index (κ3) is 3.47. The second-order valence-electron chi connectivity index (χ2n) is 6.53. The van der Waals surface area contributed by atoms with Gasteiger partial charge >= 0.3 is 0 Å².